The fraction of sp³-hybridized carbons (Fsp3) is 0.138. The Kier molecular flexibility index (Phi) is 9.28. The smallest absolute Gasteiger partial charge is 0.337 e. The normalized spacial score (nSPS) is 14.0. The first-order chi connectivity index (χ1) is 20.0. The average molecular weight is 657 g/mol. The molecule has 0 spiro atoms. The van der Waals surface area contributed by atoms with Crippen LogP contribution in [0.2, 0.25) is 5.02 Å². The number of esters is 1. The Balaban J connectivity index is 1.54. The van der Waals surface area contributed by atoms with Gasteiger partial charge < -0.3 is 19.5 Å². The van der Waals surface area contributed by atoms with E-state index >= 15 is 0 Å². The molecule has 0 saturated carbocycles. The Bertz CT molecular complexity index is 1640. The third-order valence-corrected chi connectivity index (χ3v) is 7.01. The van der Waals surface area contributed by atoms with Crippen molar-refractivity contribution in [1.82, 2.24) is 5.32 Å². The van der Waals surface area contributed by atoms with Gasteiger partial charge in [0.2, 0.25) is 0 Å². The largest absolute Gasteiger partial charge is 0.493 e. The Morgan fingerprint density at radius 3 is 2.40 bits per heavy atom. The number of rotatable bonds is 8. The molecule has 5 amide bonds. The quantitative estimate of drug-likeness (QED) is 0.199. The van der Waals surface area contributed by atoms with Gasteiger partial charge in [0.25, 0.3) is 17.7 Å². The van der Waals surface area contributed by atoms with E-state index in [-0.39, 0.29) is 34.9 Å². The first-order valence-electron chi connectivity index (χ1n) is 12.2. The van der Waals surface area contributed by atoms with E-state index in [1.807, 2.05) is 6.92 Å². The summed E-state index contributed by atoms with van der Waals surface area (Å²) >= 11 is 9.49. The minimum atomic E-state index is -0.943. The second-order valence-electron chi connectivity index (χ2n) is 8.83. The van der Waals surface area contributed by atoms with E-state index in [0.29, 0.717) is 20.7 Å². The SMILES string of the molecule is COC(=O)c1ccc(N2C(=O)NC(=O)/C(=C/c3cc(Br)c(OCC(=O)Nc4ccc(C)c(Cl)c4)c(OC)c3)C2=O)cc1. The van der Waals surface area contributed by atoms with E-state index in [9.17, 15) is 24.0 Å². The van der Waals surface area contributed by atoms with Crippen LogP contribution in [0.25, 0.3) is 6.08 Å². The number of nitrogens with zero attached hydrogens (tertiary/aromatic N) is 1. The van der Waals surface area contributed by atoms with Crippen LogP contribution in [0.1, 0.15) is 21.5 Å². The van der Waals surface area contributed by atoms with Crippen molar-refractivity contribution in [2.75, 3.05) is 31.0 Å². The zero-order chi connectivity index (χ0) is 30.6. The third-order valence-electron chi connectivity index (χ3n) is 6.01. The van der Waals surface area contributed by atoms with Gasteiger partial charge in [0.15, 0.2) is 18.1 Å². The van der Waals surface area contributed by atoms with Crippen molar-refractivity contribution >= 4 is 74.7 Å². The summed E-state index contributed by atoms with van der Waals surface area (Å²) in [6.45, 7) is 1.49. The minimum Gasteiger partial charge on any atom is -0.493 e. The molecule has 42 heavy (non-hydrogen) atoms. The number of carbonyl (C=O) groups excluding carboxylic acids is 5. The van der Waals surface area contributed by atoms with E-state index in [0.717, 1.165) is 10.5 Å². The number of barbiturate groups is 1. The first kappa shape index (κ1) is 30.3. The van der Waals surface area contributed by atoms with Gasteiger partial charge in [-0.1, -0.05) is 17.7 Å². The molecule has 1 fully saturated rings. The Morgan fingerprint density at radius 2 is 1.76 bits per heavy atom. The lowest BCUT2D eigenvalue weighted by atomic mass is 10.1. The summed E-state index contributed by atoms with van der Waals surface area (Å²) in [6, 6.07) is 12.8. The second-order valence-corrected chi connectivity index (χ2v) is 10.1. The Hall–Kier alpha value is -4.68. The Morgan fingerprint density at radius 1 is 1.05 bits per heavy atom. The van der Waals surface area contributed by atoms with Crippen molar-refractivity contribution in [3.8, 4) is 11.5 Å². The van der Waals surface area contributed by atoms with Crippen LogP contribution in [-0.2, 0) is 19.1 Å². The topological polar surface area (TPSA) is 140 Å². The van der Waals surface area contributed by atoms with E-state index in [2.05, 4.69) is 31.3 Å². The van der Waals surface area contributed by atoms with Gasteiger partial charge in [-0.05, 0) is 88.6 Å². The molecule has 0 radical (unpaired) electrons. The number of hydrogen-bond acceptors (Lipinski definition) is 8. The number of imide groups is 2. The van der Waals surface area contributed by atoms with Gasteiger partial charge in [-0.3, -0.25) is 19.7 Å². The molecule has 2 N–H and O–H groups in total. The van der Waals surface area contributed by atoms with Crippen LogP contribution in [0, 0.1) is 6.92 Å². The highest BCUT2D eigenvalue weighted by molar-refractivity contribution is 9.10. The molecule has 4 rings (SSSR count). The summed E-state index contributed by atoms with van der Waals surface area (Å²) in [6.07, 6.45) is 1.28. The molecule has 1 saturated heterocycles. The van der Waals surface area contributed by atoms with Gasteiger partial charge in [0.05, 0.1) is 29.9 Å². The first-order valence-corrected chi connectivity index (χ1v) is 13.4. The highest BCUT2D eigenvalue weighted by Gasteiger charge is 2.37. The van der Waals surface area contributed by atoms with Crippen molar-refractivity contribution in [3.05, 3.63) is 86.4 Å². The molecule has 0 atom stereocenters. The van der Waals surface area contributed by atoms with E-state index in [1.165, 1.54) is 50.6 Å². The van der Waals surface area contributed by atoms with Crippen LogP contribution in [0.4, 0.5) is 16.2 Å². The molecule has 3 aromatic carbocycles. The van der Waals surface area contributed by atoms with Crippen molar-refractivity contribution in [3.63, 3.8) is 0 Å². The van der Waals surface area contributed by atoms with Gasteiger partial charge in [-0.2, -0.15) is 0 Å². The molecular weight excluding hydrogens is 634 g/mol. The van der Waals surface area contributed by atoms with E-state index in [4.69, 9.17) is 21.1 Å². The van der Waals surface area contributed by atoms with Gasteiger partial charge >= 0.3 is 12.0 Å². The van der Waals surface area contributed by atoms with Crippen LogP contribution in [-0.4, -0.2) is 50.5 Å². The second kappa shape index (κ2) is 12.9. The maximum atomic E-state index is 13.3. The summed E-state index contributed by atoms with van der Waals surface area (Å²) in [4.78, 5) is 63.4. The zero-order valence-electron chi connectivity index (χ0n) is 22.4. The molecule has 1 aliphatic heterocycles. The highest BCUT2D eigenvalue weighted by atomic mass is 79.9. The van der Waals surface area contributed by atoms with Crippen molar-refractivity contribution in [2.24, 2.45) is 0 Å². The fourth-order valence-electron chi connectivity index (χ4n) is 3.89. The van der Waals surface area contributed by atoms with Gasteiger partial charge in [-0.15, -0.1) is 0 Å². The van der Waals surface area contributed by atoms with Gasteiger partial charge in [0.1, 0.15) is 5.57 Å². The molecule has 216 valence electrons. The Labute approximate surface area is 253 Å². The highest BCUT2D eigenvalue weighted by Crippen LogP contribution is 2.37. The van der Waals surface area contributed by atoms with Crippen LogP contribution < -0.4 is 25.0 Å². The predicted octanol–water partition coefficient (Wildman–Crippen LogP) is 4.89. The number of hydrogen-bond donors (Lipinski definition) is 2. The standard InChI is InChI=1S/C29H23BrClN3O8/c1-15-4-7-18(13-22(15)31)32-24(35)14-42-25-21(30)11-16(12-23(25)40-2)10-20-26(36)33-29(39)34(27(20)37)19-8-5-17(6-9-19)28(38)41-3/h4-13H,14H2,1-3H3,(H,32,35)(H,33,36,39)/b20-10-. The molecule has 13 heteroatoms. The number of carbonyl (C=O) groups is 5. The molecule has 0 aromatic heterocycles. The molecule has 1 aliphatic rings. The summed E-state index contributed by atoms with van der Waals surface area (Å²) < 4.78 is 16.1. The van der Waals surface area contributed by atoms with Crippen molar-refractivity contribution < 1.29 is 38.2 Å². The number of nitrogens with one attached hydrogen (secondary N) is 2. The van der Waals surface area contributed by atoms with Crippen molar-refractivity contribution in [1.29, 1.82) is 0 Å². The molecule has 11 nitrogen and oxygen atoms in total. The van der Waals surface area contributed by atoms with Gasteiger partial charge in [0, 0.05) is 10.7 Å². The predicted molar refractivity (Wildman–Crippen MR) is 158 cm³/mol. The maximum Gasteiger partial charge on any atom is 0.337 e. The van der Waals surface area contributed by atoms with E-state index in [1.54, 1.807) is 24.3 Å². The molecule has 3 aromatic rings. The van der Waals surface area contributed by atoms with Crippen LogP contribution in [0.3, 0.4) is 0 Å². The lowest BCUT2D eigenvalue weighted by Gasteiger charge is -2.26. The lowest BCUT2D eigenvalue weighted by Crippen LogP contribution is -2.54. The molecule has 1 heterocycles. The fourth-order valence-corrected chi connectivity index (χ4v) is 4.65. The third kappa shape index (κ3) is 6.61. The minimum absolute atomic E-state index is 0.136. The number of halogens is 2. The maximum absolute atomic E-state index is 13.3. The molecule has 0 unspecified atom stereocenters. The number of amides is 5. The lowest BCUT2D eigenvalue weighted by molar-refractivity contribution is -0.122. The molecular formula is C29H23BrClN3O8. The number of urea groups is 1. The number of anilines is 2. The summed E-state index contributed by atoms with van der Waals surface area (Å²) in [5.74, 6) is -2.39. The van der Waals surface area contributed by atoms with Crippen LogP contribution in [0.15, 0.2) is 64.6 Å². The number of methoxy groups -OCH3 is 2. The number of aryl methyl sites for hydroxylation is 1. The van der Waals surface area contributed by atoms with Crippen molar-refractivity contribution in [2.45, 2.75) is 6.92 Å². The summed E-state index contributed by atoms with van der Waals surface area (Å²) in [5, 5.41) is 5.34. The number of ether oxygens (including phenoxy) is 3. The summed E-state index contributed by atoms with van der Waals surface area (Å²) in [7, 11) is 2.61. The summed E-state index contributed by atoms with van der Waals surface area (Å²) in [5.41, 5.74) is 1.76. The number of benzene rings is 3. The monoisotopic (exact) mass is 655 g/mol. The zero-order valence-corrected chi connectivity index (χ0v) is 24.8. The van der Waals surface area contributed by atoms with Crippen LogP contribution >= 0.6 is 27.5 Å². The van der Waals surface area contributed by atoms with Gasteiger partial charge in [-0.25, -0.2) is 14.5 Å². The molecule has 0 aliphatic carbocycles. The van der Waals surface area contributed by atoms with Crippen LogP contribution in [0.5, 0.6) is 11.5 Å². The average Bonchev–Trinajstić information content (AvgIpc) is 2.96. The van der Waals surface area contributed by atoms with E-state index < -0.39 is 29.7 Å². The molecule has 0 bridgehead atoms.